The Morgan fingerprint density at radius 3 is 2.32 bits per heavy atom. The molecule has 1 N–H and O–H groups in total. The highest BCUT2D eigenvalue weighted by molar-refractivity contribution is 9.10. The second-order valence-corrected chi connectivity index (χ2v) is 7.19. The Kier molecular flexibility index (Phi) is 7.45. The van der Waals surface area contributed by atoms with Crippen molar-refractivity contribution in [2.75, 3.05) is 14.2 Å². The van der Waals surface area contributed by atoms with Gasteiger partial charge in [-0.3, -0.25) is 4.99 Å². The molecule has 0 aliphatic rings. The Hall–Kier alpha value is -3.58. The van der Waals surface area contributed by atoms with Gasteiger partial charge in [-0.25, -0.2) is 4.79 Å². The highest BCUT2D eigenvalue weighted by Gasteiger charge is 2.14. The molecule has 6 nitrogen and oxygen atoms in total. The molecule has 0 spiro atoms. The second-order valence-electron chi connectivity index (χ2n) is 6.34. The number of phenols is 1. The molecule has 0 saturated carbocycles. The van der Waals surface area contributed by atoms with Crippen molar-refractivity contribution in [1.29, 1.82) is 0 Å². The lowest BCUT2D eigenvalue weighted by atomic mass is 10.2. The van der Waals surface area contributed by atoms with E-state index in [9.17, 15) is 9.90 Å². The lowest BCUT2D eigenvalue weighted by Gasteiger charge is -2.11. The summed E-state index contributed by atoms with van der Waals surface area (Å²) >= 11 is 3.43. The van der Waals surface area contributed by atoms with Gasteiger partial charge in [-0.1, -0.05) is 12.1 Å². The number of halogens is 1. The normalized spacial score (nSPS) is 11.1. The lowest BCUT2D eigenvalue weighted by molar-refractivity contribution is -0.129. The van der Waals surface area contributed by atoms with Crippen LogP contribution >= 0.6 is 15.9 Å². The van der Waals surface area contributed by atoms with Crippen LogP contribution in [-0.4, -0.2) is 31.5 Å². The van der Waals surface area contributed by atoms with Crippen LogP contribution in [-0.2, 0) is 4.79 Å². The van der Waals surface area contributed by atoms with E-state index in [4.69, 9.17) is 14.2 Å². The fraction of sp³-hybridized carbons (Fsp3) is 0.0833. The third-order valence-electron chi connectivity index (χ3n) is 4.19. The van der Waals surface area contributed by atoms with Crippen LogP contribution in [0.3, 0.4) is 0 Å². The average molecular weight is 482 g/mol. The van der Waals surface area contributed by atoms with Gasteiger partial charge >= 0.3 is 5.97 Å². The zero-order chi connectivity index (χ0) is 22.2. The van der Waals surface area contributed by atoms with E-state index in [2.05, 4.69) is 20.9 Å². The van der Waals surface area contributed by atoms with Crippen LogP contribution in [0.5, 0.6) is 23.0 Å². The van der Waals surface area contributed by atoms with E-state index < -0.39 is 5.97 Å². The Labute approximate surface area is 188 Å². The van der Waals surface area contributed by atoms with Crippen molar-refractivity contribution in [3.63, 3.8) is 0 Å². The van der Waals surface area contributed by atoms with Gasteiger partial charge in [-0.15, -0.1) is 0 Å². The number of hydrogen-bond acceptors (Lipinski definition) is 6. The van der Waals surface area contributed by atoms with Crippen molar-refractivity contribution in [2.45, 2.75) is 0 Å². The molecule has 0 fully saturated rings. The summed E-state index contributed by atoms with van der Waals surface area (Å²) < 4.78 is 16.5. The predicted octanol–water partition coefficient (Wildman–Crippen LogP) is 5.54. The van der Waals surface area contributed by atoms with Crippen LogP contribution in [0.4, 0.5) is 5.69 Å². The minimum atomic E-state index is -0.541. The zero-order valence-electron chi connectivity index (χ0n) is 16.9. The number of benzene rings is 3. The largest absolute Gasteiger partial charge is 0.508 e. The van der Waals surface area contributed by atoms with Crippen LogP contribution in [0.2, 0.25) is 0 Å². The van der Waals surface area contributed by atoms with E-state index >= 15 is 0 Å². The third-order valence-corrected chi connectivity index (χ3v) is 4.78. The standard InChI is InChI=1S/C24H20BrNO5/c1-29-20-10-3-16(4-11-20)5-12-23(28)31-24-21(25)13-17(14-22(24)30-2)15-26-18-6-8-19(27)9-7-18/h3-15,27H,1-2H3. The Morgan fingerprint density at radius 2 is 1.68 bits per heavy atom. The molecule has 3 aromatic rings. The van der Waals surface area contributed by atoms with Crippen LogP contribution in [0, 0.1) is 0 Å². The fourth-order valence-electron chi connectivity index (χ4n) is 2.62. The minimum absolute atomic E-state index is 0.176. The first-order chi connectivity index (χ1) is 15.0. The molecule has 0 saturated heterocycles. The third kappa shape index (κ3) is 6.20. The molecular formula is C24H20BrNO5. The Balaban J connectivity index is 1.73. The molecule has 0 atom stereocenters. The van der Waals surface area contributed by atoms with Gasteiger partial charge in [-0.05, 0) is 81.7 Å². The van der Waals surface area contributed by atoms with Crippen molar-refractivity contribution in [1.82, 2.24) is 0 Å². The van der Waals surface area contributed by atoms with Crippen molar-refractivity contribution in [2.24, 2.45) is 4.99 Å². The van der Waals surface area contributed by atoms with E-state index in [1.807, 2.05) is 24.3 Å². The summed E-state index contributed by atoms with van der Waals surface area (Å²) in [6, 6.07) is 17.3. The maximum Gasteiger partial charge on any atom is 0.336 e. The van der Waals surface area contributed by atoms with Crippen LogP contribution in [0.1, 0.15) is 11.1 Å². The molecule has 0 amide bonds. The number of carbonyl (C=O) groups excluding carboxylic acids is 1. The van der Waals surface area contributed by atoms with Crippen molar-refractivity contribution < 1.29 is 24.1 Å². The maximum absolute atomic E-state index is 12.3. The number of aromatic hydroxyl groups is 1. The van der Waals surface area contributed by atoms with E-state index in [-0.39, 0.29) is 11.5 Å². The molecule has 0 aliphatic carbocycles. The van der Waals surface area contributed by atoms with E-state index in [1.54, 1.807) is 55.8 Å². The number of aliphatic imine (C=N–C) groups is 1. The van der Waals surface area contributed by atoms with Gasteiger partial charge in [0.25, 0.3) is 0 Å². The molecule has 7 heteroatoms. The quantitative estimate of drug-likeness (QED) is 0.207. The maximum atomic E-state index is 12.3. The molecule has 3 rings (SSSR count). The number of hydrogen-bond donors (Lipinski definition) is 1. The molecule has 0 heterocycles. The monoisotopic (exact) mass is 481 g/mol. The highest BCUT2D eigenvalue weighted by atomic mass is 79.9. The summed E-state index contributed by atoms with van der Waals surface area (Å²) in [6.45, 7) is 0. The first-order valence-electron chi connectivity index (χ1n) is 9.23. The Bertz CT molecular complexity index is 1110. The lowest BCUT2D eigenvalue weighted by Crippen LogP contribution is -2.06. The van der Waals surface area contributed by atoms with Gasteiger partial charge in [0.1, 0.15) is 11.5 Å². The molecule has 0 aromatic heterocycles. The molecular weight excluding hydrogens is 462 g/mol. The topological polar surface area (TPSA) is 77.4 Å². The van der Waals surface area contributed by atoms with Crippen molar-refractivity contribution in [3.05, 3.63) is 82.3 Å². The van der Waals surface area contributed by atoms with Crippen LogP contribution in [0.25, 0.3) is 6.08 Å². The molecule has 31 heavy (non-hydrogen) atoms. The van der Waals surface area contributed by atoms with E-state index in [1.165, 1.54) is 13.2 Å². The fourth-order valence-corrected chi connectivity index (χ4v) is 3.16. The van der Waals surface area contributed by atoms with Gasteiger partial charge in [0.2, 0.25) is 0 Å². The number of methoxy groups -OCH3 is 2. The summed E-state index contributed by atoms with van der Waals surface area (Å²) in [7, 11) is 3.09. The SMILES string of the molecule is COc1ccc(C=CC(=O)Oc2c(Br)cc(C=Nc3ccc(O)cc3)cc2OC)cc1. The average Bonchev–Trinajstić information content (AvgIpc) is 2.79. The second kappa shape index (κ2) is 10.4. The van der Waals surface area contributed by atoms with Gasteiger partial charge < -0.3 is 19.3 Å². The number of esters is 1. The molecule has 0 unspecified atom stereocenters. The molecule has 0 aliphatic heterocycles. The van der Waals surface area contributed by atoms with Crippen molar-refractivity contribution >= 4 is 39.9 Å². The molecule has 158 valence electrons. The van der Waals surface area contributed by atoms with Crippen LogP contribution in [0.15, 0.2) is 76.2 Å². The number of nitrogens with zero attached hydrogens (tertiary/aromatic N) is 1. The van der Waals surface area contributed by atoms with Gasteiger partial charge in [-0.2, -0.15) is 0 Å². The van der Waals surface area contributed by atoms with Gasteiger partial charge in [0, 0.05) is 12.3 Å². The highest BCUT2D eigenvalue weighted by Crippen LogP contribution is 2.36. The minimum Gasteiger partial charge on any atom is -0.508 e. The summed E-state index contributed by atoms with van der Waals surface area (Å²) in [6.07, 6.45) is 4.64. The number of rotatable bonds is 7. The number of phenolic OH excluding ortho intramolecular Hbond substituents is 1. The summed E-state index contributed by atoms with van der Waals surface area (Å²) in [5.74, 6) is 1.03. The number of ether oxygens (including phenoxy) is 3. The Morgan fingerprint density at radius 1 is 0.968 bits per heavy atom. The first-order valence-corrected chi connectivity index (χ1v) is 10.0. The van der Waals surface area contributed by atoms with Crippen LogP contribution < -0.4 is 14.2 Å². The molecule has 0 bridgehead atoms. The van der Waals surface area contributed by atoms with E-state index in [0.29, 0.717) is 15.9 Å². The molecule has 3 aromatic carbocycles. The molecule has 0 radical (unpaired) electrons. The zero-order valence-corrected chi connectivity index (χ0v) is 18.5. The first kappa shape index (κ1) is 22.1. The van der Waals surface area contributed by atoms with Crippen molar-refractivity contribution in [3.8, 4) is 23.0 Å². The van der Waals surface area contributed by atoms with Gasteiger partial charge in [0.05, 0.1) is 24.4 Å². The van der Waals surface area contributed by atoms with Gasteiger partial charge in [0.15, 0.2) is 11.5 Å². The summed E-state index contributed by atoms with van der Waals surface area (Å²) in [4.78, 5) is 16.7. The summed E-state index contributed by atoms with van der Waals surface area (Å²) in [5.41, 5.74) is 2.27. The van der Waals surface area contributed by atoms with E-state index in [0.717, 1.165) is 16.9 Å². The summed E-state index contributed by atoms with van der Waals surface area (Å²) in [5, 5.41) is 9.35. The smallest absolute Gasteiger partial charge is 0.336 e. The predicted molar refractivity (Wildman–Crippen MR) is 124 cm³/mol. The number of carbonyl (C=O) groups is 1.